The highest BCUT2D eigenvalue weighted by atomic mass is 35.5. The van der Waals surface area contributed by atoms with E-state index in [1.54, 1.807) is 14.2 Å². The second-order valence-corrected chi connectivity index (χ2v) is 8.64. The van der Waals surface area contributed by atoms with E-state index >= 15 is 0 Å². The molecule has 0 spiro atoms. The maximum atomic E-state index is 12.3. The highest BCUT2D eigenvalue weighted by molar-refractivity contribution is 6.31. The first-order chi connectivity index (χ1) is 15.1. The van der Waals surface area contributed by atoms with Crippen molar-refractivity contribution in [3.63, 3.8) is 0 Å². The van der Waals surface area contributed by atoms with Gasteiger partial charge in [-0.05, 0) is 61.1 Å². The van der Waals surface area contributed by atoms with Crippen molar-refractivity contribution >= 4 is 17.5 Å². The fourth-order valence-electron chi connectivity index (χ4n) is 4.25. The molecule has 1 unspecified atom stereocenters. The molecule has 31 heavy (non-hydrogen) atoms. The predicted molar refractivity (Wildman–Crippen MR) is 124 cm³/mol. The summed E-state index contributed by atoms with van der Waals surface area (Å²) in [5.74, 6) is 1.51. The summed E-state index contributed by atoms with van der Waals surface area (Å²) in [4.78, 5) is 14.8. The number of piperidine rings is 1. The Morgan fingerprint density at radius 2 is 2.03 bits per heavy atom. The van der Waals surface area contributed by atoms with Gasteiger partial charge in [0.2, 0.25) is 5.91 Å². The molecular weight excluding hydrogens is 412 g/mol. The van der Waals surface area contributed by atoms with Gasteiger partial charge in [0.25, 0.3) is 0 Å². The van der Waals surface area contributed by atoms with Crippen molar-refractivity contribution in [1.82, 2.24) is 10.2 Å². The Morgan fingerprint density at radius 3 is 2.81 bits per heavy atom. The van der Waals surface area contributed by atoms with E-state index in [0.717, 1.165) is 42.9 Å². The van der Waals surface area contributed by atoms with E-state index in [4.69, 9.17) is 21.1 Å². The van der Waals surface area contributed by atoms with Gasteiger partial charge >= 0.3 is 0 Å². The van der Waals surface area contributed by atoms with Crippen LogP contribution in [0.2, 0.25) is 5.02 Å². The largest absolute Gasteiger partial charge is 0.496 e. The Morgan fingerprint density at radius 1 is 1.19 bits per heavy atom. The van der Waals surface area contributed by atoms with Crippen molar-refractivity contribution in [3.05, 3.63) is 64.2 Å². The number of ether oxygens (including phenoxy) is 2. The van der Waals surface area contributed by atoms with Crippen molar-refractivity contribution < 1.29 is 14.3 Å². The fourth-order valence-corrected chi connectivity index (χ4v) is 4.45. The lowest BCUT2D eigenvalue weighted by Gasteiger charge is -2.33. The van der Waals surface area contributed by atoms with Crippen LogP contribution in [0.1, 0.15) is 42.4 Å². The highest BCUT2D eigenvalue weighted by Crippen LogP contribution is 2.25. The Kier molecular flexibility index (Phi) is 9.19. The maximum absolute atomic E-state index is 12.3. The van der Waals surface area contributed by atoms with Gasteiger partial charge in [-0.1, -0.05) is 35.9 Å². The van der Waals surface area contributed by atoms with Crippen molar-refractivity contribution in [3.8, 4) is 5.75 Å². The number of amides is 1. The van der Waals surface area contributed by atoms with Crippen LogP contribution >= 0.6 is 11.6 Å². The normalized spacial score (nSPS) is 16.8. The lowest BCUT2D eigenvalue weighted by atomic mass is 9.93. The molecule has 3 rings (SSSR count). The van der Waals surface area contributed by atoms with Crippen molar-refractivity contribution in [2.75, 3.05) is 27.3 Å². The van der Waals surface area contributed by atoms with Gasteiger partial charge in [-0.3, -0.25) is 9.69 Å². The molecule has 1 saturated heterocycles. The maximum Gasteiger partial charge on any atom is 0.220 e. The molecule has 2 aromatic carbocycles. The first-order valence-electron chi connectivity index (χ1n) is 11.0. The van der Waals surface area contributed by atoms with E-state index in [-0.39, 0.29) is 5.91 Å². The van der Waals surface area contributed by atoms with Crippen LogP contribution in [0.4, 0.5) is 0 Å². The predicted octanol–water partition coefficient (Wildman–Crippen LogP) is 4.80. The average Bonchev–Trinajstić information content (AvgIpc) is 2.78. The molecule has 0 saturated carbocycles. The minimum atomic E-state index is 0.0939. The smallest absolute Gasteiger partial charge is 0.220 e. The third-order valence-corrected chi connectivity index (χ3v) is 6.24. The van der Waals surface area contributed by atoms with Crippen LogP contribution in [-0.4, -0.2) is 38.1 Å². The van der Waals surface area contributed by atoms with Crippen LogP contribution in [0, 0.1) is 5.92 Å². The Bertz CT molecular complexity index is 858. The zero-order valence-corrected chi connectivity index (χ0v) is 19.3. The van der Waals surface area contributed by atoms with E-state index in [2.05, 4.69) is 22.3 Å². The van der Waals surface area contributed by atoms with E-state index in [9.17, 15) is 4.79 Å². The Balaban J connectivity index is 1.45. The number of halogens is 1. The molecule has 0 aromatic heterocycles. The summed E-state index contributed by atoms with van der Waals surface area (Å²) in [7, 11) is 3.39. The molecule has 1 amide bonds. The van der Waals surface area contributed by atoms with Crippen LogP contribution in [0.15, 0.2) is 42.5 Å². The molecule has 1 N–H and O–H groups in total. The summed E-state index contributed by atoms with van der Waals surface area (Å²) < 4.78 is 10.7. The zero-order chi connectivity index (χ0) is 22.1. The average molecular weight is 445 g/mol. The summed E-state index contributed by atoms with van der Waals surface area (Å²) >= 11 is 6.16. The summed E-state index contributed by atoms with van der Waals surface area (Å²) in [6.45, 7) is 4.07. The van der Waals surface area contributed by atoms with Crippen molar-refractivity contribution in [2.45, 2.75) is 45.4 Å². The number of carbonyl (C=O) groups is 1. The lowest BCUT2D eigenvalue weighted by molar-refractivity contribution is -0.121. The molecule has 0 radical (unpaired) electrons. The van der Waals surface area contributed by atoms with Gasteiger partial charge in [-0.15, -0.1) is 0 Å². The van der Waals surface area contributed by atoms with Crippen LogP contribution in [-0.2, 0) is 29.2 Å². The number of hydrogen-bond donors (Lipinski definition) is 1. The Hall–Kier alpha value is -2.08. The van der Waals surface area contributed by atoms with E-state index in [0.29, 0.717) is 30.5 Å². The zero-order valence-electron chi connectivity index (χ0n) is 18.5. The minimum absolute atomic E-state index is 0.0939. The molecule has 1 atom stereocenters. The molecule has 5 nitrogen and oxygen atoms in total. The summed E-state index contributed by atoms with van der Waals surface area (Å²) in [6, 6.07) is 13.9. The topological polar surface area (TPSA) is 50.8 Å². The number of likely N-dealkylation sites (tertiary alicyclic amines) is 1. The number of benzene rings is 2. The second-order valence-electron chi connectivity index (χ2n) is 8.23. The first kappa shape index (κ1) is 23.6. The number of hydrogen-bond acceptors (Lipinski definition) is 4. The molecule has 2 aromatic rings. The molecule has 6 heteroatoms. The number of carbonyl (C=O) groups excluding carboxylic acids is 1. The van der Waals surface area contributed by atoms with Gasteiger partial charge in [0, 0.05) is 43.8 Å². The fraction of sp³-hybridized carbons (Fsp3) is 0.480. The monoisotopic (exact) mass is 444 g/mol. The molecule has 0 aliphatic carbocycles. The van der Waals surface area contributed by atoms with Gasteiger partial charge in [-0.2, -0.15) is 0 Å². The van der Waals surface area contributed by atoms with E-state index in [1.807, 2.05) is 30.3 Å². The molecule has 1 heterocycles. The molecule has 1 aliphatic heterocycles. The number of nitrogens with zero attached hydrogens (tertiary/aromatic N) is 1. The minimum Gasteiger partial charge on any atom is -0.496 e. The molecule has 0 bridgehead atoms. The highest BCUT2D eigenvalue weighted by Gasteiger charge is 2.21. The standard InChI is InChI=1S/C25H33ClN2O3/c1-30-18-22-14-20(9-11-24(22)31-2)17-28-13-5-6-19(16-28)10-12-25(29)27-15-21-7-3-4-8-23(21)26/h3-4,7-9,11,14,19H,5-6,10,12-13,15-18H2,1-2H3,(H,27,29). The van der Waals surface area contributed by atoms with Crippen LogP contribution < -0.4 is 10.1 Å². The van der Waals surface area contributed by atoms with Crippen molar-refractivity contribution in [2.24, 2.45) is 5.92 Å². The Labute approximate surface area is 190 Å². The first-order valence-corrected chi connectivity index (χ1v) is 11.3. The molecule has 168 valence electrons. The van der Waals surface area contributed by atoms with Crippen LogP contribution in [0.5, 0.6) is 5.75 Å². The van der Waals surface area contributed by atoms with Gasteiger partial charge in [0.05, 0.1) is 13.7 Å². The molecule has 1 aliphatic rings. The third-order valence-electron chi connectivity index (χ3n) is 5.87. The number of nitrogens with one attached hydrogen (secondary N) is 1. The third kappa shape index (κ3) is 7.23. The quantitative estimate of drug-likeness (QED) is 0.571. The van der Waals surface area contributed by atoms with Gasteiger partial charge < -0.3 is 14.8 Å². The van der Waals surface area contributed by atoms with Crippen LogP contribution in [0.25, 0.3) is 0 Å². The van der Waals surface area contributed by atoms with Crippen LogP contribution in [0.3, 0.4) is 0 Å². The van der Waals surface area contributed by atoms with Gasteiger partial charge in [-0.25, -0.2) is 0 Å². The van der Waals surface area contributed by atoms with E-state index in [1.165, 1.54) is 18.4 Å². The molecular formula is C25H33ClN2O3. The number of rotatable bonds is 10. The lowest BCUT2D eigenvalue weighted by Crippen LogP contribution is -2.35. The SMILES string of the molecule is COCc1cc(CN2CCCC(CCC(=O)NCc3ccccc3Cl)C2)ccc1OC. The van der Waals surface area contributed by atoms with E-state index < -0.39 is 0 Å². The van der Waals surface area contributed by atoms with Gasteiger partial charge in [0.15, 0.2) is 0 Å². The second kappa shape index (κ2) is 12.1. The summed E-state index contributed by atoms with van der Waals surface area (Å²) in [5, 5.41) is 3.69. The van der Waals surface area contributed by atoms with Gasteiger partial charge in [0.1, 0.15) is 5.75 Å². The molecule has 1 fully saturated rings. The summed E-state index contributed by atoms with van der Waals surface area (Å²) in [6.07, 6.45) is 3.84. The number of methoxy groups -OCH3 is 2. The van der Waals surface area contributed by atoms with Crippen molar-refractivity contribution in [1.29, 1.82) is 0 Å². The summed E-state index contributed by atoms with van der Waals surface area (Å²) in [5.41, 5.74) is 3.30.